The van der Waals surface area contributed by atoms with E-state index in [2.05, 4.69) is 61.6 Å². The highest BCUT2D eigenvalue weighted by atomic mass is 28.3. The molecule has 0 aliphatic carbocycles. The van der Waals surface area contributed by atoms with Crippen LogP contribution in [0.15, 0.2) is 72.9 Å². The third-order valence-electron chi connectivity index (χ3n) is 5.28. The standard InChI is InChI=1S/C22H18N2Si/c1-25(2)19-13-12-15-8-6-7-11-17(15)20(19)18-14-23-21(24-22(18)25)16-9-4-3-5-10-16/h3-14H,1-2H3. The summed E-state index contributed by atoms with van der Waals surface area (Å²) in [5.74, 6) is 0.831. The summed E-state index contributed by atoms with van der Waals surface area (Å²) in [7, 11) is -1.81. The largest absolute Gasteiger partial charge is 0.237 e. The Labute approximate surface area is 148 Å². The van der Waals surface area contributed by atoms with Crippen molar-refractivity contribution in [1.82, 2.24) is 9.97 Å². The quantitative estimate of drug-likeness (QED) is 0.488. The van der Waals surface area contributed by atoms with Gasteiger partial charge in [-0.25, -0.2) is 9.97 Å². The lowest BCUT2D eigenvalue weighted by Gasteiger charge is -2.18. The van der Waals surface area contributed by atoms with E-state index in [4.69, 9.17) is 9.97 Å². The summed E-state index contributed by atoms with van der Waals surface area (Å²) >= 11 is 0. The second-order valence-electron chi connectivity index (χ2n) is 7.16. The van der Waals surface area contributed by atoms with Crippen LogP contribution in [0.5, 0.6) is 0 Å². The molecule has 0 radical (unpaired) electrons. The maximum Gasteiger partial charge on any atom is 0.159 e. The molecule has 2 nitrogen and oxygen atoms in total. The maximum absolute atomic E-state index is 5.05. The van der Waals surface area contributed by atoms with Crippen molar-refractivity contribution in [3.05, 3.63) is 72.9 Å². The first-order chi connectivity index (χ1) is 12.2. The molecule has 5 rings (SSSR count). The van der Waals surface area contributed by atoms with Crippen LogP contribution in [0, 0.1) is 0 Å². The summed E-state index contributed by atoms with van der Waals surface area (Å²) in [5, 5.41) is 5.33. The minimum Gasteiger partial charge on any atom is -0.237 e. The number of rotatable bonds is 1. The normalized spacial score (nSPS) is 14.3. The second-order valence-corrected chi connectivity index (χ2v) is 11.4. The van der Waals surface area contributed by atoms with E-state index in [0.717, 1.165) is 11.4 Å². The van der Waals surface area contributed by atoms with Crippen molar-refractivity contribution in [2.75, 3.05) is 0 Å². The molecule has 25 heavy (non-hydrogen) atoms. The van der Waals surface area contributed by atoms with Crippen LogP contribution >= 0.6 is 0 Å². The number of hydrogen-bond acceptors (Lipinski definition) is 2. The summed E-state index contributed by atoms with van der Waals surface area (Å²) in [6.07, 6.45) is 2.04. The van der Waals surface area contributed by atoms with Gasteiger partial charge in [0.1, 0.15) is 8.07 Å². The average molecular weight is 338 g/mol. The number of benzene rings is 3. The molecule has 2 heterocycles. The summed E-state index contributed by atoms with van der Waals surface area (Å²) in [6, 6.07) is 23.4. The summed E-state index contributed by atoms with van der Waals surface area (Å²) in [5.41, 5.74) is 3.66. The van der Waals surface area contributed by atoms with Crippen LogP contribution in [0.4, 0.5) is 0 Å². The van der Waals surface area contributed by atoms with E-state index >= 15 is 0 Å². The highest BCUT2D eigenvalue weighted by Gasteiger charge is 2.40. The molecule has 0 spiro atoms. The van der Waals surface area contributed by atoms with E-state index in [1.54, 1.807) is 0 Å². The molecular formula is C22H18N2Si. The van der Waals surface area contributed by atoms with Crippen LogP contribution in [0.3, 0.4) is 0 Å². The van der Waals surface area contributed by atoms with Gasteiger partial charge >= 0.3 is 0 Å². The zero-order valence-electron chi connectivity index (χ0n) is 14.3. The van der Waals surface area contributed by atoms with Gasteiger partial charge in [0.15, 0.2) is 5.82 Å². The first kappa shape index (κ1) is 14.6. The zero-order chi connectivity index (χ0) is 17.0. The third-order valence-corrected chi connectivity index (χ3v) is 8.61. The second kappa shape index (κ2) is 5.10. The van der Waals surface area contributed by atoms with Crippen LogP contribution in [0.1, 0.15) is 0 Å². The fraction of sp³-hybridized carbons (Fsp3) is 0.0909. The first-order valence-corrected chi connectivity index (χ1v) is 11.6. The molecule has 1 aromatic heterocycles. The molecule has 0 atom stereocenters. The number of aromatic nitrogens is 2. The van der Waals surface area contributed by atoms with Crippen molar-refractivity contribution < 1.29 is 0 Å². The van der Waals surface area contributed by atoms with Gasteiger partial charge in [-0.1, -0.05) is 79.8 Å². The van der Waals surface area contributed by atoms with Crippen molar-refractivity contribution in [2.45, 2.75) is 13.1 Å². The molecule has 0 saturated heterocycles. The minimum absolute atomic E-state index is 0.831. The van der Waals surface area contributed by atoms with Crippen molar-refractivity contribution in [3.8, 4) is 22.5 Å². The van der Waals surface area contributed by atoms with E-state index in [9.17, 15) is 0 Å². The van der Waals surface area contributed by atoms with E-state index in [-0.39, 0.29) is 0 Å². The molecule has 120 valence electrons. The smallest absolute Gasteiger partial charge is 0.159 e. The molecule has 0 N–H and O–H groups in total. The Morgan fingerprint density at radius 3 is 2.40 bits per heavy atom. The van der Waals surface area contributed by atoms with Gasteiger partial charge in [0.25, 0.3) is 0 Å². The van der Waals surface area contributed by atoms with Crippen LogP contribution in [0.25, 0.3) is 33.3 Å². The zero-order valence-corrected chi connectivity index (χ0v) is 15.3. The number of nitrogens with zero attached hydrogens (tertiary/aromatic N) is 2. The Hall–Kier alpha value is -2.78. The molecule has 0 saturated carbocycles. The predicted octanol–water partition coefficient (Wildman–Crippen LogP) is 4.10. The summed E-state index contributed by atoms with van der Waals surface area (Å²) in [4.78, 5) is 9.75. The maximum atomic E-state index is 5.05. The Bertz CT molecular complexity index is 1120. The van der Waals surface area contributed by atoms with Crippen LogP contribution in [-0.2, 0) is 0 Å². The molecule has 3 heteroatoms. The van der Waals surface area contributed by atoms with Gasteiger partial charge in [0.05, 0.1) is 0 Å². The molecule has 1 aliphatic heterocycles. The predicted molar refractivity (Wildman–Crippen MR) is 107 cm³/mol. The van der Waals surface area contributed by atoms with Crippen LogP contribution in [-0.4, -0.2) is 18.0 Å². The Balaban J connectivity index is 1.81. The van der Waals surface area contributed by atoms with Crippen LogP contribution in [0.2, 0.25) is 13.1 Å². The SMILES string of the molecule is C[Si]1(C)c2ccc3ccccc3c2-c2cnc(-c3ccccc3)nc21. The third kappa shape index (κ3) is 2.02. The fourth-order valence-electron chi connectivity index (χ4n) is 3.98. The van der Waals surface area contributed by atoms with Crippen molar-refractivity contribution in [3.63, 3.8) is 0 Å². The van der Waals surface area contributed by atoms with Gasteiger partial charge in [-0.05, 0) is 21.5 Å². The highest BCUT2D eigenvalue weighted by Crippen LogP contribution is 2.33. The average Bonchev–Trinajstić information content (AvgIpc) is 2.90. The first-order valence-electron chi connectivity index (χ1n) is 8.62. The molecule has 0 fully saturated rings. The topological polar surface area (TPSA) is 25.8 Å². The number of fused-ring (bicyclic) bond motifs is 5. The molecule has 0 amide bonds. The van der Waals surface area contributed by atoms with Gasteiger partial charge in [-0.15, -0.1) is 0 Å². The Morgan fingerprint density at radius 2 is 1.56 bits per heavy atom. The monoisotopic (exact) mass is 338 g/mol. The fourth-order valence-corrected chi connectivity index (χ4v) is 6.88. The Morgan fingerprint density at radius 1 is 0.800 bits per heavy atom. The van der Waals surface area contributed by atoms with E-state index in [1.165, 1.54) is 32.4 Å². The van der Waals surface area contributed by atoms with Gasteiger partial charge in [0.2, 0.25) is 0 Å². The Kier molecular flexibility index (Phi) is 2.97. The minimum atomic E-state index is -1.81. The molecular weight excluding hydrogens is 320 g/mol. The van der Waals surface area contributed by atoms with E-state index in [0.29, 0.717) is 0 Å². The molecule has 0 unspecified atom stereocenters. The molecule has 3 aromatic carbocycles. The van der Waals surface area contributed by atoms with E-state index in [1.807, 2.05) is 24.4 Å². The van der Waals surface area contributed by atoms with Gasteiger partial charge in [-0.2, -0.15) is 0 Å². The number of hydrogen-bond donors (Lipinski definition) is 0. The summed E-state index contributed by atoms with van der Waals surface area (Å²) in [6.45, 7) is 4.79. The van der Waals surface area contributed by atoms with Gasteiger partial charge in [-0.3, -0.25) is 0 Å². The lowest BCUT2D eigenvalue weighted by Crippen LogP contribution is -2.50. The van der Waals surface area contributed by atoms with Crippen molar-refractivity contribution in [2.24, 2.45) is 0 Å². The molecule has 4 aromatic rings. The van der Waals surface area contributed by atoms with E-state index < -0.39 is 8.07 Å². The van der Waals surface area contributed by atoms with Crippen LogP contribution < -0.4 is 10.5 Å². The van der Waals surface area contributed by atoms with Crippen molar-refractivity contribution >= 4 is 29.4 Å². The molecule has 1 aliphatic rings. The lowest BCUT2D eigenvalue weighted by atomic mass is 10.0. The van der Waals surface area contributed by atoms with Crippen molar-refractivity contribution in [1.29, 1.82) is 0 Å². The highest BCUT2D eigenvalue weighted by molar-refractivity contribution is 7.03. The molecule has 0 bridgehead atoms. The summed E-state index contributed by atoms with van der Waals surface area (Å²) < 4.78 is 0. The van der Waals surface area contributed by atoms with Gasteiger partial charge < -0.3 is 0 Å². The lowest BCUT2D eigenvalue weighted by molar-refractivity contribution is 1.21. The van der Waals surface area contributed by atoms with Gasteiger partial charge in [0, 0.05) is 22.6 Å².